The van der Waals surface area contributed by atoms with E-state index in [1.54, 1.807) is 0 Å². The highest BCUT2D eigenvalue weighted by Crippen LogP contribution is 2.17. The molecular formula is C15H30N2O. The van der Waals surface area contributed by atoms with Gasteiger partial charge in [-0.15, -0.1) is 0 Å². The Morgan fingerprint density at radius 1 is 1.28 bits per heavy atom. The predicted molar refractivity (Wildman–Crippen MR) is 75.9 cm³/mol. The average molecular weight is 254 g/mol. The monoisotopic (exact) mass is 254 g/mol. The lowest BCUT2D eigenvalue weighted by Crippen LogP contribution is -2.48. The molecule has 3 nitrogen and oxygen atoms in total. The first-order valence-electron chi connectivity index (χ1n) is 7.88. The molecule has 1 N–H and O–H groups in total. The molecular weight excluding hydrogens is 224 g/mol. The first-order chi connectivity index (χ1) is 8.78. The fraction of sp³-hybridized carbons (Fsp3) is 1.00. The molecule has 0 spiro atoms. The van der Waals surface area contributed by atoms with Crippen molar-refractivity contribution >= 4 is 0 Å². The summed E-state index contributed by atoms with van der Waals surface area (Å²) in [7, 11) is 0. The number of hydrogen-bond acceptors (Lipinski definition) is 3. The van der Waals surface area contributed by atoms with Gasteiger partial charge in [0.25, 0.3) is 0 Å². The number of nitrogens with one attached hydrogen (secondary N) is 1. The van der Waals surface area contributed by atoms with Crippen molar-refractivity contribution < 1.29 is 4.74 Å². The standard InChI is InChI=1S/C15H30N2O/c1-3-15-11-14(7-10-18-15)16-13(2)12-17-8-5-4-6-9-17/h13-16H,3-12H2,1-2H3. The van der Waals surface area contributed by atoms with Crippen LogP contribution in [-0.4, -0.2) is 49.3 Å². The smallest absolute Gasteiger partial charge is 0.0587 e. The molecule has 0 amide bonds. The lowest BCUT2D eigenvalue weighted by atomic mass is 10.0. The molecule has 0 aromatic rings. The Morgan fingerprint density at radius 2 is 2.06 bits per heavy atom. The number of ether oxygens (including phenoxy) is 1. The van der Waals surface area contributed by atoms with Crippen molar-refractivity contribution in [3.63, 3.8) is 0 Å². The average Bonchev–Trinajstić information content (AvgIpc) is 2.40. The van der Waals surface area contributed by atoms with Gasteiger partial charge in [-0.1, -0.05) is 13.3 Å². The highest BCUT2D eigenvalue weighted by atomic mass is 16.5. The minimum atomic E-state index is 0.485. The molecule has 0 aromatic heterocycles. The second kappa shape index (κ2) is 7.46. The van der Waals surface area contributed by atoms with E-state index in [1.807, 2.05) is 0 Å². The molecule has 3 atom stereocenters. The quantitative estimate of drug-likeness (QED) is 0.815. The third-order valence-corrected chi connectivity index (χ3v) is 4.32. The maximum atomic E-state index is 5.74. The van der Waals surface area contributed by atoms with Crippen LogP contribution in [0.15, 0.2) is 0 Å². The minimum Gasteiger partial charge on any atom is -0.378 e. The Kier molecular flexibility index (Phi) is 5.93. The highest BCUT2D eigenvalue weighted by molar-refractivity contribution is 4.80. The Morgan fingerprint density at radius 3 is 2.78 bits per heavy atom. The van der Waals surface area contributed by atoms with Gasteiger partial charge in [-0.2, -0.15) is 0 Å². The Labute approximate surface area is 112 Å². The van der Waals surface area contributed by atoms with E-state index in [-0.39, 0.29) is 0 Å². The van der Waals surface area contributed by atoms with Gasteiger partial charge in [-0.05, 0) is 52.1 Å². The highest BCUT2D eigenvalue weighted by Gasteiger charge is 2.23. The van der Waals surface area contributed by atoms with Crippen LogP contribution in [0.25, 0.3) is 0 Å². The zero-order valence-electron chi connectivity index (χ0n) is 12.2. The molecule has 0 saturated carbocycles. The van der Waals surface area contributed by atoms with Gasteiger partial charge < -0.3 is 15.0 Å². The van der Waals surface area contributed by atoms with Crippen molar-refractivity contribution in [1.82, 2.24) is 10.2 Å². The summed E-state index contributed by atoms with van der Waals surface area (Å²) in [4.78, 5) is 2.62. The van der Waals surface area contributed by atoms with E-state index in [0.29, 0.717) is 18.2 Å². The van der Waals surface area contributed by atoms with Gasteiger partial charge in [0.1, 0.15) is 0 Å². The van der Waals surface area contributed by atoms with E-state index >= 15 is 0 Å². The van der Waals surface area contributed by atoms with Gasteiger partial charge in [0.05, 0.1) is 6.10 Å². The topological polar surface area (TPSA) is 24.5 Å². The van der Waals surface area contributed by atoms with E-state index in [0.717, 1.165) is 13.0 Å². The molecule has 0 aliphatic carbocycles. The summed E-state index contributed by atoms with van der Waals surface area (Å²) >= 11 is 0. The van der Waals surface area contributed by atoms with Crippen LogP contribution in [-0.2, 0) is 4.74 Å². The van der Waals surface area contributed by atoms with Crippen molar-refractivity contribution in [3.05, 3.63) is 0 Å². The summed E-state index contributed by atoms with van der Waals surface area (Å²) in [6.45, 7) is 9.32. The van der Waals surface area contributed by atoms with E-state index < -0.39 is 0 Å². The molecule has 0 radical (unpaired) electrons. The molecule has 2 fully saturated rings. The van der Waals surface area contributed by atoms with Crippen molar-refractivity contribution in [1.29, 1.82) is 0 Å². The molecule has 3 heteroatoms. The van der Waals surface area contributed by atoms with Gasteiger partial charge in [0, 0.05) is 25.2 Å². The fourth-order valence-electron chi connectivity index (χ4n) is 3.30. The Balaban J connectivity index is 1.67. The summed E-state index contributed by atoms with van der Waals surface area (Å²) in [5.41, 5.74) is 0. The summed E-state index contributed by atoms with van der Waals surface area (Å²) in [6, 6.07) is 1.28. The van der Waals surface area contributed by atoms with Gasteiger partial charge in [-0.3, -0.25) is 0 Å². The van der Waals surface area contributed by atoms with E-state index in [1.165, 1.54) is 51.7 Å². The van der Waals surface area contributed by atoms with Crippen LogP contribution >= 0.6 is 0 Å². The van der Waals surface area contributed by atoms with Crippen LogP contribution in [0.1, 0.15) is 52.4 Å². The molecule has 2 rings (SSSR count). The van der Waals surface area contributed by atoms with Crippen LogP contribution in [0, 0.1) is 0 Å². The lowest BCUT2D eigenvalue weighted by molar-refractivity contribution is -0.00240. The Bertz CT molecular complexity index is 229. The van der Waals surface area contributed by atoms with Gasteiger partial charge in [0.15, 0.2) is 0 Å². The summed E-state index contributed by atoms with van der Waals surface area (Å²) in [6.07, 6.45) is 8.22. The minimum absolute atomic E-state index is 0.485. The van der Waals surface area contributed by atoms with Crippen LogP contribution in [0.3, 0.4) is 0 Å². The molecule has 2 saturated heterocycles. The summed E-state index contributed by atoms with van der Waals surface area (Å²) in [5.74, 6) is 0. The zero-order valence-corrected chi connectivity index (χ0v) is 12.2. The molecule has 2 heterocycles. The SMILES string of the molecule is CCC1CC(NC(C)CN2CCCCC2)CCO1. The van der Waals surface area contributed by atoms with E-state index in [4.69, 9.17) is 4.74 Å². The largest absolute Gasteiger partial charge is 0.378 e. The Hall–Kier alpha value is -0.120. The molecule has 18 heavy (non-hydrogen) atoms. The molecule has 2 aliphatic heterocycles. The number of nitrogens with zero attached hydrogens (tertiary/aromatic N) is 1. The van der Waals surface area contributed by atoms with Crippen LogP contribution < -0.4 is 5.32 Å². The van der Waals surface area contributed by atoms with Gasteiger partial charge >= 0.3 is 0 Å². The lowest BCUT2D eigenvalue weighted by Gasteiger charge is -2.34. The molecule has 0 aromatic carbocycles. The number of hydrogen-bond donors (Lipinski definition) is 1. The predicted octanol–water partition coefficient (Wildman–Crippen LogP) is 2.41. The summed E-state index contributed by atoms with van der Waals surface area (Å²) < 4.78 is 5.74. The number of rotatable bonds is 5. The second-order valence-corrected chi connectivity index (χ2v) is 6.05. The van der Waals surface area contributed by atoms with Crippen molar-refractivity contribution in [2.45, 2.75) is 70.6 Å². The summed E-state index contributed by atoms with van der Waals surface area (Å²) in [5, 5.41) is 3.81. The van der Waals surface area contributed by atoms with Crippen molar-refractivity contribution in [3.8, 4) is 0 Å². The molecule has 2 aliphatic rings. The van der Waals surface area contributed by atoms with Crippen LogP contribution in [0.5, 0.6) is 0 Å². The van der Waals surface area contributed by atoms with E-state index in [9.17, 15) is 0 Å². The fourth-order valence-corrected chi connectivity index (χ4v) is 3.30. The normalized spacial score (nSPS) is 32.3. The zero-order chi connectivity index (χ0) is 12.8. The number of likely N-dealkylation sites (tertiary alicyclic amines) is 1. The molecule has 106 valence electrons. The van der Waals surface area contributed by atoms with Gasteiger partial charge in [-0.25, -0.2) is 0 Å². The molecule has 3 unspecified atom stereocenters. The van der Waals surface area contributed by atoms with Crippen LogP contribution in [0.2, 0.25) is 0 Å². The van der Waals surface area contributed by atoms with Crippen LogP contribution in [0.4, 0.5) is 0 Å². The van der Waals surface area contributed by atoms with Crippen molar-refractivity contribution in [2.24, 2.45) is 0 Å². The van der Waals surface area contributed by atoms with Crippen molar-refractivity contribution in [2.75, 3.05) is 26.2 Å². The molecule has 0 bridgehead atoms. The first-order valence-corrected chi connectivity index (χ1v) is 7.88. The third-order valence-electron chi connectivity index (χ3n) is 4.32. The van der Waals surface area contributed by atoms with E-state index in [2.05, 4.69) is 24.1 Å². The first kappa shape index (κ1) is 14.3. The second-order valence-electron chi connectivity index (χ2n) is 6.05. The maximum Gasteiger partial charge on any atom is 0.0587 e. The third kappa shape index (κ3) is 4.52. The maximum absolute atomic E-state index is 5.74. The van der Waals surface area contributed by atoms with Gasteiger partial charge in [0.2, 0.25) is 0 Å². The number of piperidine rings is 1.